The number of hydrogen-bond donors (Lipinski definition) is 0. The Hall–Kier alpha value is -2.80. The zero-order valence-corrected chi connectivity index (χ0v) is 16.1. The van der Waals surface area contributed by atoms with Gasteiger partial charge in [0.1, 0.15) is 5.92 Å². The summed E-state index contributed by atoms with van der Waals surface area (Å²) in [4.78, 5) is 36.3. The predicted octanol–water partition coefficient (Wildman–Crippen LogP) is 4.24. The number of hydrogen-bond acceptors (Lipinski definition) is 5. The van der Waals surface area contributed by atoms with E-state index in [4.69, 9.17) is 16.3 Å². The second-order valence-corrected chi connectivity index (χ2v) is 6.92. The van der Waals surface area contributed by atoms with Crippen molar-refractivity contribution in [2.75, 3.05) is 6.54 Å². The van der Waals surface area contributed by atoms with Gasteiger partial charge in [0.15, 0.2) is 0 Å². The van der Waals surface area contributed by atoms with Crippen molar-refractivity contribution in [2.45, 2.75) is 31.5 Å². The molecular weight excluding hydrogens is 389 g/mol. The average molecular weight is 408 g/mol. The molecule has 148 valence electrons. The summed E-state index contributed by atoms with van der Waals surface area (Å²) in [6.07, 6.45) is -0.721. The lowest BCUT2D eigenvalue weighted by molar-refractivity contribution is -0.485. The van der Waals surface area contributed by atoms with Crippen LogP contribution in [0, 0.1) is 10.1 Å². The molecule has 2 aromatic rings. The summed E-state index contributed by atoms with van der Waals surface area (Å²) in [5, 5.41) is 11.4. The molecule has 0 bridgehead atoms. The number of alkyl halides is 1. The number of nitro groups is 1. The Morgan fingerprint density at radius 3 is 2.36 bits per heavy atom. The fourth-order valence-corrected chi connectivity index (χ4v) is 3.02. The highest BCUT2D eigenvalue weighted by Gasteiger charge is 2.57. The number of Topliss-reactive ketones (excluding diaryl/α,β-unsaturated/α-hetero) is 1. The number of carbonyl (C=O) groups is 2. The minimum absolute atomic E-state index is 0.137. The lowest BCUT2D eigenvalue weighted by Gasteiger charge is -2.29. The minimum atomic E-state index is -3.30. The average Bonchev–Trinajstić information content (AvgIpc) is 2.65. The van der Waals surface area contributed by atoms with Crippen molar-refractivity contribution in [1.29, 1.82) is 0 Å². The molecule has 28 heavy (non-hydrogen) atoms. The smallest absolute Gasteiger partial charge is 0.353 e. The molecular formula is C20H19ClFNO5. The first kappa shape index (κ1) is 21.5. The maximum atomic E-state index is 16.3. The second-order valence-electron chi connectivity index (χ2n) is 6.48. The molecule has 0 fully saturated rings. The standard InChI is InChI=1S/C20H19ClFNO5/c1-13(2)28-19(25)20(22,18(24)15-9-6-10-16(21)11-15)17(12-23(26)27)14-7-4-3-5-8-14/h3-11,13,17H,12H2,1-2H3/t17-,20-/m0/s1. The van der Waals surface area contributed by atoms with Crippen LogP contribution >= 0.6 is 11.6 Å². The fraction of sp³-hybridized carbons (Fsp3) is 0.300. The first-order chi connectivity index (χ1) is 13.2. The van der Waals surface area contributed by atoms with Crippen molar-refractivity contribution in [3.8, 4) is 0 Å². The summed E-state index contributed by atoms with van der Waals surface area (Å²) in [6, 6.07) is 13.0. The highest BCUT2D eigenvalue weighted by atomic mass is 35.5. The molecule has 0 aliphatic rings. The zero-order valence-electron chi connectivity index (χ0n) is 15.3. The third-order valence-corrected chi connectivity index (χ3v) is 4.31. The van der Waals surface area contributed by atoms with E-state index in [0.29, 0.717) is 0 Å². The van der Waals surface area contributed by atoms with Gasteiger partial charge in [-0.15, -0.1) is 0 Å². The van der Waals surface area contributed by atoms with Crippen molar-refractivity contribution >= 4 is 23.4 Å². The van der Waals surface area contributed by atoms with Gasteiger partial charge in [-0.1, -0.05) is 54.1 Å². The van der Waals surface area contributed by atoms with Crippen LogP contribution in [-0.4, -0.2) is 35.0 Å². The SMILES string of the molecule is CC(C)OC(=O)[C@@](F)(C(=O)c1cccc(Cl)c1)[C@@H](C[N+](=O)[O-])c1ccccc1. The molecule has 2 aromatic carbocycles. The summed E-state index contributed by atoms with van der Waals surface area (Å²) in [5.41, 5.74) is -3.35. The molecule has 6 nitrogen and oxygen atoms in total. The molecule has 0 aromatic heterocycles. The van der Waals surface area contributed by atoms with Crippen LogP contribution in [-0.2, 0) is 9.53 Å². The summed E-state index contributed by atoms with van der Waals surface area (Å²) in [7, 11) is 0. The topological polar surface area (TPSA) is 86.5 Å². The van der Waals surface area contributed by atoms with Crippen LogP contribution in [0.1, 0.15) is 35.7 Å². The largest absolute Gasteiger partial charge is 0.460 e. The van der Waals surface area contributed by atoms with Gasteiger partial charge in [-0.3, -0.25) is 14.9 Å². The van der Waals surface area contributed by atoms with E-state index in [1.165, 1.54) is 50.2 Å². The minimum Gasteiger partial charge on any atom is -0.460 e. The molecule has 0 N–H and O–H groups in total. The lowest BCUT2D eigenvalue weighted by atomic mass is 9.78. The van der Waals surface area contributed by atoms with E-state index in [1.807, 2.05) is 0 Å². The van der Waals surface area contributed by atoms with Gasteiger partial charge in [-0.2, -0.15) is 0 Å². The van der Waals surface area contributed by atoms with E-state index in [1.54, 1.807) is 18.2 Å². The van der Waals surface area contributed by atoms with Gasteiger partial charge < -0.3 is 4.74 Å². The van der Waals surface area contributed by atoms with Gasteiger partial charge in [0, 0.05) is 15.5 Å². The van der Waals surface area contributed by atoms with E-state index in [9.17, 15) is 19.7 Å². The first-order valence-electron chi connectivity index (χ1n) is 8.53. The maximum Gasteiger partial charge on any atom is 0.353 e. The molecule has 0 heterocycles. The number of nitrogens with zero attached hydrogens (tertiary/aromatic N) is 1. The van der Waals surface area contributed by atoms with Crippen molar-refractivity contribution in [3.63, 3.8) is 0 Å². The zero-order chi connectivity index (χ0) is 20.9. The summed E-state index contributed by atoms with van der Waals surface area (Å²) < 4.78 is 21.3. The maximum absolute atomic E-state index is 16.3. The predicted molar refractivity (Wildman–Crippen MR) is 102 cm³/mol. The van der Waals surface area contributed by atoms with E-state index in [-0.39, 0.29) is 16.1 Å². The Bertz CT molecular complexity index is 874. The number of halogens is 2. The Morgan fingerprint density at radius 1 is 1.18 bits per heavy atom. The van der Waals surface area contributed by atoms with Gasteiger partial charge in [0.05, 0.1) is 6.10 Å². The van der Waals surface area contributed by atoms with Crippen LogP contribution in [0.25, 0.3) is 0 Å². The van der Waals surface area contributed by atoms with Gasteiger partial charge in [-0.05, 0) is 31.5 Å². The third kappa shape index (κ3) is 4.72. The molecule has 2 atom stereocenters. The number of carbonyl (C=O) groups excluding carboxylic acids is 2. The molecule has 0 radical (unpaired) electrons. The molecule has 0 unspecified atom stereocenters. The fourth-order valence-electron chi connectivity index (χ4n) is 2.83. The van der Waals surface area contributed by atoms with E-state index in [0.717, 1.165) is 0 Å². The number of esters is 1. The molecule has 0 amide bonds. The number of ether oxygens (including phenoxy) is 1. The summed E-state index contributed by atoms with van der Waals surface area (Å²) in [6.45, 7) is 2.01. The molecule has 0 aliphatic carbocycles. The third-order valence-electron chi connectivity index (χ3n) is 4.07. The van der Waals surface area contributed by atoms with E-state index >= 15 is 4.39 Å². The Morgan fingerprint density at radius 2 is 1.82 bits per heavy atom. The van der Waals surface area contributed by atoms with Crippen molar-refractivity contribution < 1.29 is 23.6 Å². The normalized spacial score (nSPS) is 14.2. The quantitative estimate of drug-likeness (QED) is 0.215. The van der Waals surface area contributed by atoms with Crippen LogP contribution in [0.4, 0.5) is 4.39 Å². The van der Waals surface area contributed by atoms with Gasteiger partial charge in [0.2, 0.25) is 12.3 Å². The van der Waals surface area contributed by atoms with Crippen molar-refractivity contribution in [2.24, 2.45) is 0 Å². The van der Waals surface area contributed by atoms with Crippen LogP contribution in [0.15, 0.2) is 54.6 Å². The number of benzene rings is 2. The van der Waals surface area contributed by atoms with Gasteiger partial charge in [-0.25, -0.2) is 9.18 Å². The molecule has 8 heteroatoms. The van der Waals surface area contributed by atoms with E-state index in [2.05, 4.69) is 0 Å². The Labute approximate surface area is 166 Å². The molecule has 2 rings (SSSR count). The Balaban J connectivity index is 2.65. The highest BCUT2D eigenvalue weighted by Crippen LogP contribution is 2.37. The first-order valence-corrected chi connectivity index (χ1v) is 8.91. The van der Waals surface area contributed by atoms with Crippen molar-refractivity contribution in [1.82, 2.24) is 0 Å². The van der Waals surface area contributed by atoms with Crippen LogP contribution in [0.2, 0.25) is 5.02 Å². The van der Waals surface area contributed by atoms with Gasteiger partial charge >= 0.3 is 5.97 Å². The summed E-state index contributed by atoms with van der Waals surface area (Å²) in [5.74, 6) is -4.39. The molecule has 0 saturated heterocycles. The monoisotopic (exact) mass is 407 g/mol. The molecule has 0 saturated carbocycles. The van der Waals surface area contributed by atoms with Crippen LogP contribution in [0.3, 0.4) is 0 Å². The van der Waals surface area contributed by atoms with Gasteiger partial charge in [0.25, 0.3) is 5.67 Å². The van der Waals surface area contributed by atoms with E-state index < -0.39 is 40.9 Å². The number of ketones is 1. The Kier molecular flexibility index (Phi) is 6.85. The summed E-state index contributed by atoms with van der Waals surface area (Å²) >= 11 is 5.88. The van der Waals surface area contributed by atoms with Crippen molar-refractivity contribution in [3.05, 3.63) is 80.9 Å². The lowest BCUT2D eigenvalue weighted by Crippen LogP contribution is -2.51. The number of rotatable bonds is 8. The highest BCUT2D eigenvalue weighted by molar-refractivity contribution is 6.31. The molecule has 0 spiro atoms. The second kappa shape index (κ2) is 8.93. The van der Waals surface area contributed by atoms with Crippen LogP contribution in [0.5, 0.6) is 0 Å². The molecule has 0 aliphatic heterocycles. The van der Waals surface area contributed by atoms with Crippen LogP contribution < -0.4 is 0 Å².